The first-order valence-corrected chi connectivity index (χ1v) is 8.50. The highest BCUT2D eigenvalue weighted by molar-refractivity contribution is 5.68. The summed E-state index contributed by atoms with van der Waals surface area (Å²) in [5.41, 5.74) is 3.63. The van der Waals surface area contributed by atoms with Gasteiger partial charge in [-0.1, -0.05) is 18.2 Å². The minimum atomic E-state index is -0.421. The Morgan fingerprint density at radius 1 is 1.35 bits per heavy atom. The second-order valence-electron chi connectivity index (χ2n) is 7.57. The van der Waals surface area contributed by atoms with E-state index in [4.69, 9.17) is 4.74 Å². The minimum absolute atomic E-state index is 0.186. The van der Waals surface area contributed by atoms with Gasteiger partial charge in [0, 0.05) is 26.2 Å². The van der Waals surface area contributed by atoms with Crippen molar-refractivity contribution in [2.75, 3.05) is 19.6 Å². The number of likely N-dealkylation sites (tertiary alicyclic amines) is 1. The Hall–Kier alpha value is -1.55. The molecule has 1 aromatic carbocycles. The van der Waals surface area contributed by atoms with E-state index in [9.17, 15) is 4.79 Å². The molecule has 0 spiro atoms. The summed E-state index contributed by atoms with van der Waals surface area (Å²) in [6, 6.07) is 6.44. The molecule has 4 heteroatoms. The number of nitrogens with zero attached hydrogens (tertiary/aromatic N) is 1. The average Bonchev–Trinajstić information content (AvgIpc) is 2.91. The SMILES string of the molecule is Cc1cccc(CNCC2CCN(C(=O)OC(C)(C)C)C2)c1C. The molecule has 1 unspecified atom stereocenters. The van der Waals surface area contributed by atoms with E-state index < -0.39 is 5.60 Å². The molecule has 0 aromatic heterocycles. The van der Waals surface area contributed by atoms with E-state index in [1.807, 2.05) is 25.7 Å². The Labute approximate surface area is 140 Å². The summed E-state index contributed by atoms with van der Waals surface area (Å²) in [6.45, 7) is 13.4. The number of benzene rings is 1. The summed E-state index contributed by atoms with van der Waals surface area (Å²) in [7, 11) is 0. The van der Waals surface area contributed by atoms with Crippen molar-refractivity contribution >= 4 is 6.09 Å². The van der Waals surface area contributed by atoms with Gasteiger partial charge in [0.15, 0.2) is 0 Å². The second-order valence-corrected chi connectivity index (χ2v) is 7.57. The molecule has 0 saturated carbocycles. The van der Waals surface area contributed by atoms with Crippen molar-refractivity contribution in [2.45, 2.75) is 53.2 Å². The fraction of sp³-hybridized carbons (Fsp3) is 0.632. The third kappa shape index (κ3) is 5.24. The van der Waals surface area contributed by atoms with E-state index in [1.165, 1.54) is 16.7 Å². The topological polar surface area (TPSA) is 41.6 Å². The van der Waals surface area contributed by atoms with Crippen LogP contribution in [0.15, 0.2) is 18.2 Å². The molecule has 1 amide bonds. The van der Waals surface area contributed by atoms with Crippen LogP contribution in [0.1, 0.15) is 43.9 Å². The molecule has 1 fully saturated rings. The van der Waals surface area contributed by atoms with Gasteiger partial charge in [-0.05, 0) is 63.6 Å². The Morgan fingerprint density at radius 2 is 2.09 bits per heavy atom. The molecule has 1 aliphatic heterocycles. The monoisotopic (exact) mass is 318 g/mol. The average molecular weight is 318 g/mol. The molecule has 23 heavy (non-hydrogen) atoms. The molecule has 4 nitrogen and oxygen atoms in total. The Morgan fingerprint density at radius 3 is 2.78 bits per heavy atom. The fourth-order valence-corrected chi connectivity index (χ4v) is 2.91. The van der Waals surface area contributed by atoms with Gasteiger partial charge in [-0.25, -0.2) is 4.79 Å². The predicted octanol–water partition coefficient (Wildman–Crippen LogP) is 3.65. The zero-order valence-electron chi connectivity index (χ0n) is 15.1. The number of hydrogen-bond donors (Lipinski definition) is 1. The van der Waals surface area contributed by atoms with Crippen molar-refractivity contribution in [3.05, 3.63) is 34.9 Å². The van der Waals surface area contributed by atoms with Crippen molar-refractivity contribution in [2.24, 2.45) is 5.92 Å². The highest BCUT2D eigenvalue weighted by atomic mass is 16.6. The van der Waals surface area contributed by atoms with Gasteiger partial charge in [0.25, 0.3) is 0 Å². The highest BCUT2D eigenvalue weighted by Crippen LogP contribution is 2.19. The largest absolute Gasteiger partial charge is 0.444 e. The van der Waals surface area contributed by atoms with Gasteiger partial charge in [-0.15, -0.1) is 0 Å². The number of nitrogens with one attached hydrogen (secondary N) is 1. The maximum Gasteiger partial charge on any atom is 0.410 e. The summed E-state index contributed by atoms with van der Waals surface area (Å²) in [6.07, 6.45) is 0.855. The highest BCUT2D eigenvalue weighted by Gasteiger charge is 2.29. The normalized spacial score (nSPS) is 18.3. The first-order valence-electron chi connectivity index (χ1n) is 8.50. The molecule has 0 bridgehead atoms. The van der Waals surface area contributed by atoms with Crippen LogP contribution >= 0.6 is 0 Å². The summed E-state index contributed by atoms with van der Waals surface area (Å²) in [5, 5.41) is 3.54. The molecular weight excluding hydrogens is 288 g/mol. The molecule has 0 radical (unpaired) electrons. The van der Waals surface area contributed by atoms with Gasteiger partial charge in [0.2, 0.25) is 0 Å². The fourth-order valence-electron chi connectivity index (χ4n) is 2.91. The number of hydrogen-bond acceptors (Lipinski definition) is 3. The molecule has 0 aliphatic carbocycles. The van der Waals surface area contributed by atoms with Gasteiger partial charge in [-0.2, -0.15) is 0 Å². The van der Waals surface area contributed by atoms with Crippen LogP contribution < -0.4 is 5.32 Å². The molecule has 1 saturated heterocycles. The maximum atomic E-state index is 12.1. The molecule has 1 aromatic rings. The number of carbonyl (C=O) groups is 1. The number of ether oxygens (including phenoxy) is 1. The summed E-state index contributed by atoms with van der Waals surface area (Å²) < 4.78 is 5.44. The van der Waals surface area contributed by atoms with Crippen LogP contribution in [-0.2, 0) is 11.3 Å². The smallest absolute Gasteiger partial charge is 0.410 e. The van der Waals surface area contributed by atoms with Gasteiger partial charge >= 0.3 is 6.09 Å². The van der Waals surface area contributed by atoms with Crippen LogP contribution in [0.4, 0.5) is 4.79 Å². The molecule has 2 rings (SSSR count). The van der Waals surface area contributed by atoms with Crippen molar-refractivity contribution < 1.29 is 9.53 Å². The summed E-state index contributed by atoms with van der Waals surface area (Å²) in [5.74, 6) is 0.507. The third-order valence-corrected chi connectivity index (χ3v) is 4.40. The lowest BCUT2D eigenvalue weighted by molar-refractivity contribution is 0.0288. The van der Waals surface area contributed by atoms with Crippen LogP contribution in [0.5, 0.6) is 0 Å². The van der Waals surface area contributed by atoms with Crippen molar-refractivity contribution in [3.63, 3.8) is 0 Å². The van der Waals surface area contributed by atoms with E-state index in [1.54, 1.807) is 0 Å². The summed E-state index contributed by atoms with van der Waals surface area (Å²) >= 11 is 0. The van der Waals surface area contributed by atoms with E-state index in [2.05, 4.69) is 37.4 Å². The summed E-state index contributed by atoms with van der Waals surface area (Å²) in [4.78, 5) is 13.9. The lowest BCUT2D eigenvalue weighted by Gasteiger charge is -2.24. The quantitative estimate of drug-likeness (QED) is 0.921. The lowest BCUT2D eigenvalue weighted by atomic mass is 10.0. The van der Waals surface area contributed by atoms with Gasteiger partial charge in [-0.3, -0.25) is 0 Å². The number of carbonyl (C=O) groups excluding carboxylic acids is 1. The zero-order chi connectivity index (χ0) is 17.0. The van der Waals surface area contributed by atoms with Crippen molar-refractivity contribution in [1.82, 2.24) is 10.2 Å². The molecule has 1 atom stereocenters. The van der Waals surface area contributed by atoms with Crippen molar-refractivity contribution in [1.29, 1.82) is 0 Å². The Kier molecular flexibility index (Phi) is 5.69. The number of rotatable bonds is 4. The molecule has 1 heterocycles. The van der Waals surface area contributed by atoms with E-state index >= 15 is 0 Å². The van der Waals surface area contributed by atoms with E-state index in [0.29, 0.717) is 5.92 Å². The van der Waals surface area contributed by atoms with Crippen LogP contribution in [-0.4, -0.2) is 36.2 Å². The predicted molar refractivity (Wildman–Crippen MR) is 93.5 cm³/mol. The van der Waals surface area contributed by atoms with Crippen LogP contribution in [0.25, 0.3) is 0 Å². The number of aryl methyl sites for hydroxylation is 1. The number of amides is 1. The standard InChI is InChI=1S/C19H30N2O2/c1-14-7-6-8-17(15(14)2)12-20-11-16-9-10-21(13-16)18(22)23-19(3,4)5/h6-8,16,20H,9-13H2,1-5H3. The maximum absolute atomic E-state index is 12.1. The van der Waals surface area contributed by atoms with Crippen LogP contribution in [0, 0.1) is 19.8 Å². The van der Waals surface area contributed by atoms with Crippen molar-refractivity contribution in [3.8, 4) is 0 Å². The Balaban J connectivity index is 1.76. The zero-order valence-corrected chi connectivity index (χ0v) is 15.1. The molecular formula is C19H30N2O2. The molecule has 1 aliphatic rings. The van der Waals surface area contributed by atoms with Gasteiger partial charge in [0.05, 0.1) is 0 Å². The second kappa shape index (κ2) is 7.35. The van der Waals surface area contributed by atoms with Gasteiger partial charge < -0.3 is 15.0 Å². The lowest BCUT2D eigenvalue weighted by Crippen LogP contribution is -2.36. The minimum Gasteiger partial charge on any atom is -0.444 e. The van der Waals surface area contributed by atoms with Crippen LogP contribution in [0.3, 0.4) is 0 Å². The molecule has 128 valence electrons. The third-order valence-electron chi connectivity index (χ3n) is 4.40. The first kappa shape index (κ1) is 17.8. The first-order chi connectivity index (χ1) is 10.8. The van der Waals surface area contributed by atoms with E-state index in [-0.39, 0.29) is 6.09 Å². The Bertz CT molecular complexity index is 549. The molecule has 1 N–H and O–H groups in total. The van der Waals surface area contributed by atoms with Gasteiger partial charge in [0.1, 0.15) is 5.60 Å². The van der Waals surface area contributed by atoms with Crippen LogP contribution in [0.2, 0.25) is 0 Å². The van der Waals surface area contributed by atoms with E-state index in [0.717, 1.165) is 32.6 Å².